The zero-order valence-corrected chi connectivity index (χ0v) is 14.3. The Hall–Kier alpha value is -1.59. The summed E-state index contributed by atoms with van der Waals surface area (Å²) in [5.74, 6) is -0.316. The lowest BCUT2D eigenvalue weighted by atomic mass is 10.0. The molecule has 1 aliphatic rings. The van der Waals surface area contributed by atoms with Crippen LogP contribution in [0.3, 0.4) is 0 Å². The highest BCUT2D eigenvalue weighted by atomic mass is 79.9. The van der Waals surface area contributed by atoms with Gasteiger partial charge in [0, 0.05) is 4.47 Å². The van der Waals surface area contributed by atoms with Crippen LogP contribution in [0.15, 0.2) is 28.7 Å². The molecule has 0 saturated heterocycles. The summed E-state index contributed by atoms with van der Waals surface area (Å²) >= 11 is 3.19. The maximum absolute atomic E-state index is 13.5. The van der Waals surface area contributed by atoms with Gasteiger partial charge in [-0.25, -0.2) is 0 Å². The second-order valence-corrected chi connectivity index (χ2v) is 6.72. The topological polar surface area (TPSA) is 64.9 Å². The maximum Gasteiger partial charge on any atom is 0.407 e. The van der Waals surface area contributed by atoms with Crippen LogP contribution in [0.2, 0.25) is 0 Å². The lowest BCUT2D eigenvalue weighted by molar-refractivity contribution is -0.161. The lowest BCUT2D eigenvalue weighted by Crippen LogP contribution is -2.49. The predicted molar refractivity (Wildman–Crippen MR) is 85.8 cm³/mol. The number of rotatable bonds is 7. The Morgan fingerprint density at radius 3 is 2.46 bits per heavy atom. The molecule has 0 aromatic heterocycles. The van der Waals surface area contributed by atoms with E-state index in [1.807, 2.05) is 0 Å². The number of carbonyl (C=O) groups excluding carboxylic acids is 1. The molecule has 1 saturated carbocycles. The van der Waals surface area contributed by atoms with Crippen LogP contribution >= 0.6 is 15.9 Å². The Morgan fingerprint density at radius 2 is 1.96 bits per heavy atom. The van der Waals surface area contributed by atoms with Gasteiger partial charge in [0.15, 0.2) is 0 Å². The molecular weight excluding hydrogens is 387 g/mol. The number of nitrogens with zero attached hydrogens (tertiary/aromatic N) is 1. The molecule has 2 rings (SSSR count). The summed E-state index contributed by atoms with van der Waals surface area (Å²) in [6.45, 7) is -0.226. The van der Waals surface area contributed by atoms with Gasteiger partial charge in [0.2, 0.25) is 5.91 Å². The Labute approximate surface area is 146 Å². The fraction of sp³-hybridized carbons (Fsp3) is 0.500. The van der Waals surface area contributed by atoms with E-state index in [1.54, 1.807) is 6.07 Å². The Balaban J connectivity index is 2.18. The summed E-state index contributed by atoms with van der Waals surface area (Å²) in [5.41, 5.74) is 0.0413. The monoisotopic (exact) mass is 403 g/mol. The van der Waals surface area contributed by atoms with Crippen molar-refractivity contribution in [1.82, 2.24) is 10.6 Å². The van der Waals surface area contributed by atoms with E-state index in [2.05, 4.69) is 26.6 Å². The van der Waals surface area contributed by atoms with Gasteiger partial charge in [0.05, 0.1) is 12.1 Å². The first-order valence-electron chi connectivity index (χ1n) is 7.54. The van der Waals surface area contributed by atoms with Crippen molar-refractivity contribution in [2.45, 2.75) is 37.5 Å². The first-order chi connectivity index (χ1) is 11.3. The average Bonchev–Trinajstić information content (AvgIpc) is 3.33. The van der Waals surface area contributed by atoms with Gasteiger partial charge in [-0.3, -0.25) is 10.1 Å². The smallest absolute Gasteiger partial charge is 0.342 e. The highest BCUT2D eigenvalue weighted by Gasteiger charge is 2.43. The van der Waals surface area contributed by atoms with Crippen molar-refractivity contribution in [1.29, 1.82) is 5.26 Å². The van der Waals surface area contributed by atoms with Crippen LogP contribution in [0.1, 0.15) is 30.9 Å². The molecule has 0 spiro atoms. The number of hydrogen-bond acceptors (Lipinski definition) is 3. The SMILES string of the molecule is N#CCNC(=O)[C@H](CC1CC1)NC(c1ccc(Br)cc1)C(F)(F)F. The number of alkyl halides is 3. The minimum atomic E-state index is -4.54. The second kappa shape index (κ2) is 7.99. The Morgan fingerprint density at radius 1 is 1.33 bits per heavy atom. The lowest BCUT2D eigenvalue weighted by Gasteiger charge is -2.27. The van der Waals surface area contributed by atoms with E-state index in [4.69, 9.17) is 5.26 Å². The fourth-order valence-corrected chi connectivity index (χ4v) is 2.69. The molecule has 0 aliphatic heterocycles. The molecular formula is C16H17BrF3N3O. The Kier molecular flexibility index (Phi) is 6.24. The van der Waals surface area contributed by atoms with Gasteiger partial charge in [0.1, 0.15) is 12.6 Å². The number of nitrogens with one attached hydrogen (secondary N) is 2. The van der Waals surface area contributed by atoms with Crippen molar-refractivity contribution < 1.29 is 18.0 Å². The fourth-order valence-electron chi connectivity index (χ4n) is 2.42. The molecule has 0 heterocycles. The van der Waals surface area contributed by atoms with Gasteiger partial charge in [-0.15, -0.1) is 0 Å². The first-order valence-corrected chi connectivity index (χ1v) is 8.33. The quantitative estimate of drug-likeness (QED) is 0.685. The van der Waals surface area contributed by atoms with Crippen LogP contribution in [0.5, 0.6) is 0 Å². The van der Waals surface area contributed by atoms with E-state index in [0.717, 1.165) is 12.8 Å². The number of benzene rings is 1. The highest BCUT2D eigenvalue weighted by Crippen LogP contribution is 2.37. The molecule has 0 radical (unpaired) electrons. The molecule has 1 aliphatic carbocycles. The van der Waals surface area contributed by atoms with Gasteiger partial charge in [0.25, 0.3) is 0 Å². The molecule has 130 valence electrons. The molecule has 2 N–H and O–H groups in total. The minimum absolute atomic E-state index is 0.0413. The standard InChI is InChI=1S/C16H17BrF3N3O/c17-12-5-3-11(4-6-12)14(16(18,19)20)23-13(9-10-1-2-10)15(24)22-8-7-21/h3-6,10,13-14,23H,1-2,8-9H2,(H,22,24)/t13-,14?/m0/s1. The van der Waals surface area contributed by atoms with Crippen molar-refractivity contribution in [3.8, 4) is 6.07 Å². The molecule has 1 fully saturated rings. The van der Waals surface area contributed by atoms with E-state index in [0.29, 0.717) is 10.9 Å². The number of carbonyl (C=O) groups is 1. The van der Waals surface area contributed by atoms with Crippen molar-refractivity contribution >= 4 is 21.8 Å². The van der Waals surface area contributed by atoms with E-state index in [1.165, 1.54) is 24.3 Å². The van der Waals surface area contributed by atoms with Gasteiger partial charge in [-0.2, -0.15) is 18.4 Å². The van der Waals surface area contributed by atoms with Crippen LogP contribution in [0.4, 0.5) is 13.2 Å². The molecule has 2 atom stereocenters. The molecule has 4 nitrogen and oxygen atoms in total. The second-order valence-electron chi connectivity index (χ2n) is 5.80. The van der Waals surface area contributed by atoms with Gasteiger partial charge in [-0.05, 0) is 30.0 Å². The van der Waals surface area contributed by atoms with Crippen molar-refractivity contribution in [3.63, 3.8) is 0 Å². The van der Waals surface area contributed by atoms with E-state index >= 15 is 0 Å². The molecule has 8 heteroatoms. The summed E-state index contributed by atoms with van der Waals surface area (Å²) in [7, 11) is 0. The average molecular weight is 404 g/mol. The normalized spacial score (nSPS) is 17.0. The summed E-state index contributed by atoms with van der Waals surface area (Å²) in [5, 5.41) is 13.3. The largest absolute Gasteiger partial charge is 0.407 e. The third kappa shape index (κ3) is 5.49. The summed E-state index contributed by atoms with van der Waals surface area (Å²) in [4.78, 5) is 12.1. The Bertz CT molecular complexity index is 608. The van der Waals surface area contributed by atoms with Crippen LogP contribution < -0.4 is 10.6 Å². The third-order valence-electron chi connectivity index (χ3n) is 3.82. The van der Waals surface area contributed by atoms with Crippen molar-refractivity contribution in [3.05, 3.63) is 34.3 Å². The molecule has 24 heavy (non-hydrogen) atoms. The van der Waals surface area contributed by atoms with Crippen LogP contribution in [-0.2, 0) is 4.79 Å². The molecule has 0 bridgehead atoms. The van der Waals surface area contributed by atoms with Crippen LogP contribution in [-0.4, -0.2) is 24.7 Å². The number of amides is 1. The van der Waals surface area contributed by atoms with E-state index < -0.39 is 24.2 Å². The number of nitriles is 1. The molecule has 1 unspecified atom stereocenters. The van der Waals surface area contributed by atoms with Crippen LogP contribution in [0, 0.1) is 17.2 Å². The zero-order valence-electron chi connectivity index (χ0n) is 12.7. The maximum atomic E-state index is 13.5. The molecule has 1 aromatic carbocycles. The van der Waals surface area contributed by atoms with Gasteiger partial charge < -0.3 is 5.32 Å². The number of halogens is 4. The predicted octanol–water partition coefficient (Wildman–Crippen LogP) is 3.45. The van der Waals surface area contributed by atoms with Crippen LogP contribution in [0.25, 0.3) is 0 Å². The summed E-state index contributed by atoms with van der Waals surface area (Å²) in [6.07, 6.45) is -2.37. The van der Waals surface area contributed by atoms with Crippen molar-refractivity contribution in [2.24, 2.45) is 5.92 Å². The number of hydrogen-bond donors (Lipinski definition) is 2. The third-order valence-corrected chi connectivity index (χ3v) is 4.35. The highest BCUT2D eigenvalue weighted by molar-refractivity contribution is 9.10. The first kappa shape index (κ1) is 18.7. The van der Waals surface area contributed by atoms with Gasteiger partial charge >= 0.3 is 6.18 Å². The van der Waals surface area contributed by atoms with Gasteiger partial charge in [-0.1, -0.05) is 40.9 Å². The summed E-state index contributed by atoms with van der Waals surface area (Å²) < 4.78 is 41.1. The molecule has 1 amide bonds. The van der Waals surface area contributed by atoms with Crippen molar-refractivity contribution in [2.75, 3.05) is 6.54 Å². The molecule has 1 aromatic rings. The summed E-state index contributed by atoms with van der Waals surface area (Å²) in [6, 6.07) is 4.63. The van der Waals surface area contributed by atoms with E-state index in [9.17, 15) is 18.0 Å². The zero-order chi connectivity index (χ0) is 17.7. The minimum Gasteiger partial charge on any atom is -0.342 e. The van der Waals surface area contributed by atoms with E-state index in [-0.39, 0.29) is 18.0 Å².